The number of hydrogen-bond donors (Lipinski definition) is 0. The molecule has 120 valence electrons. The zero-order valence-corrected chi connectivity index (χ0v) is 16.5. The molecule has 1 atom stereocenters. The van der Waals surface area contributed by atoms with Crippen LogP contribution in [0.5, 0.6) is 0 Å². The van der Waals surface area contributed by atoms with Gasteiger partial charge in [0.25, 0.3) is 0 Å². The second-order valence-corrected chi connectivity index (χ2v) is 10.5. The van der Waals surface area contributed by atoms with E-state index in [4.69, 9.17) is 0 Å². The van der Waals surface area contributed by atoms with Crippen molar-refractivity contribution in [2.75, 3.05) is 0 Å². The van der Waals surface area contributed by atoms with E-state index < -0.39 is 0 Å². The first-order chi connectivity index (χ1) is 10.3. The normalized spacial score (nSPS) is 12.5. The van der Waals surface area contributed by atoms with E-state index in [2.05, 4.69) is 44.2 Å². The predicted octanol–water partition coefficient (Wildman–Crippen LogP) is 6.14. The average Bonchev–Trinajstić information content (AvgIpc) is 2.50. The number of rotatable bonds is 13. The summed E-state index contributed by atoms with van der Waals surface area (Å²) in [6.07, 6.45) is 16.0. The summed E-state index contributed by atoms with van der Waals surface area (Å²) in [5, 5.41) is 0. The van der Waals surface area contributed by atoms with Crippen molar-refractivity contribution in [2.45, 2.75) is 88.4 Å². The summed E-state index contributed by atoms with van der Waals surface area (Å²) in [5.74, 6) is 0. The van der Waals surface area contributed by atoms with Gasteiger partial charge in [0.1, 0.15) is 0 Å². The molecule has 1 heteroatoms. The van der Waals surface area contributed by atoms with Gasteiger partial charge in [0.2, 0.25) is 0 Å². The van der Waals surface area contributed by atoms with E-state index in [1.165, 1.54) is 70.6 Å². The first-order valence-electron chi connectivity index (χ1n) is 9.04. The van der Waals surface area contributed by atoms with Crippen molar-refractivity contribution in [1.82, 2.24) is 0 Å². The molecule has 0 saturated carbocycles. The van der Waals surface area contributed by atoms with E-state index in [-0.39, 0.29) is 20.9 Å². The Bertz CT molecular complexity index is 320. The monoisotopic (exact) mass is 404 g/mol. The van der Waals surface area contributed by atoms with Crippen LogP contribution < -0.4 is 3.61 Å². The molecular formula is C20H34Te. The molecule has 0 bridgehead atoms. The number of unbranched alkanes of at least 4 members (excludes halogenated alkanes) is 9. The van der Waals surface area contributed by atoms with E-state index >= 15 is 0 Å². The van der Waals surface area contributed by atoms with Crippen molar-refractivity contribution < 1.29 is 0 Å². The Morgan fingerprint density at radius 2 is 1.29 bits per heavy atom. The van der Waals surface area contributed by atoms with Crippen LogP contribution in [0.25, 0.3) is 0 Å². The third kappa shape index (κ3) is 11.3. The summed E-state index contributed by atoms with van der Waals surface area (Å²) < 4.78 is 2.59. The van der Waals surface area contributed by atoms with Crippen LogP contribution >= 0.6 is 0 Å². The molecule has 1 unspecified atom stereocenters. The molecule has 0 aliphatic rings. The van der Waals surface area contributed by atoms with Crippen LogP contribution in [-0.4, -0.2) is 20.9 Å². The van der Waals surface area contributed by atoms with Crippen molar-refractivity contribution >= 4 is 24.5 Å². The van der Waals surface area contributed by atoms with Gasteiger partial charge in [0.15, 0.2) is 0 Å². The quantitative estimate of drug-likeness (QED) is 0.275. The summed E-state index contributed by atoms with van der Waals surface area (Å²) in [5.41, 5.74) is 0. The van der Waals surface area contributed by atoms with Gasteiger partial charge in [-0.2, -0.15) is 0 Å². The Labute approximate surface area is 143 Å². The molecule has 21 heavy (non-hydrogen) atoms. The van der Waals surface area contributed by atoms with Gasteiger partial charge in [-0.15, -0.1) is 0 Å². The van der Waals surface area contributed by atoms with Crippen LogP contribution in [0.15, 0.2) is 30.3 Å². The maximum atomic E-state index is 2.46. The standard InChI is InChI=1S/C20H34Te/c1-3-4-5-6-7-8-9-10-11-13-16-19(2)21-20-17-14-12-15-18-20/h12,14-15,17-19H,3-11,13,16H2,1-2H3. The number of hydrogen-bond acceptors (Lipinski definition) is 0. The van der Waals surface area contributed by atoms with Gasteiger partial charge >= 0.3 is 136 Å². The fourth-order valence-electron chi connectivity index (χ4n) is 2.71. The third-order valence-electron chi connectivity index (χ3n) is 4.04. The van der Waals surface area contributed by atoms with E-state index in [0.717, 1.165) is 3.97 Å². The Kier molecular flexibility index (Phi) is 12.4. The molecule has 0 nitrogen and oxygen atoms in total. The van der Waals surface area contributed by atoms with E-state index in [1.807, 2.05) is 0 Å². The van der Waals surface area contributed by atoms with Crippen molar-refractivity contribution in [2.24, 2.45) is 0 Å². The molecule has 0 saturated heterocycles. The van der Waals surface area contributed by atoms with Gasteiger partial charge in [-0.05, 0) is 0 Å². The van der Waals surface area contributed by atoms with E-state index in [0.29, 0.717) is 0 Å². The predicted molar refractivity (Wildman–Crippen MR) is 97.7 cm³/mol. The Hall–Kier alpha value is 0.00961. The zero-order chi connectivity index (χ0) is 15.2. The Morgan fingerprint density at radius 3 is 1.86 bits per heavy atom. The van der Waals surface area contributed by atoms with Crippen LogP contribution in [0.1, 0.15) is 84.5 Å². The molecule has 0 spiro atoms. The molecule has 0 aromatic heterocycles. The van der Waals surface area contributed by atoms with Crippen LogP contribution in [0, 0.1) is 0 Å². The third-order valence-corrected chi connectivity index (χ3v) is 7.42. The van der Waals surface area contributed by atoms with Crippen molar-refractivity contribution in [3.05, 3.63) is 30.3 Å². The van der Waals surface area contributed by atoms with Crippen molar-refractivity contribution in [3.8, 4) is 0 Å². The molecule has 0 amide bonds. The zero-order valence-electron chi connectivity index (χ0n) is 14.2. The first kappa shape index (κ1) is 19.1. The summed E-state index contributed by atoms with van der Waals surface area (Å²) in [6, 6.07) is 11.1. The molecule has 1 aromatic carbocycles. The molecule has 0 radical (unpaired) electrons. The topological polar surface area (TPSA) is 0 Å². The summed E-state index contributed by atoms with van der Waals surface area (Å²) >= 11 is 0.0396. The number of benzene rings is 1. The van der Waals surface area contributed by atoms with Gasteiger partial charge in [-0.25, -0.2) is 0 Å². The molecule has 0 heterocycles. The maximum absolute atomic E-state index is 2.46. The second-order valence-electron chi connectivity index (χ2n) is 6.21. The van der Waals surface area contributed by atoms with Gasteiger partial charge in [-0.1, -0.05) is 6.92 Å². The molecule has 1 aromatic rings. The molecule has 0 aliphatic heterocycles. The Balaban J connectivity index is 1.87. The van der Waals surface area contributed by atoms with Crippen LogP contribution in [-0.2, 0) is 0 Å². The molecule has 0 fully saturated rings. The summed E-state index contributed by atoms with van der Waals surface area (Å²) in [4.78, 5) is 0. The van der Waals surface area contributed by atoms with Gasteiger partial charge in [0, 0.05) is 0 Å². The van der Waals surface area contributed by atoms with E-state index in [1.54, 1.807) is 3.61 Å². The second kappa shape index (κ2) is 13.7. The molecule has 0 aliphatic carbocycles. The molecular weight excluding hydrogens is 368 g/mol. The van der Waals surface area contributed by atoms with Crippen molar-refractivity contribution in [1.29, 1.82) is 0 Å². The van der Waals surface area contributed by atoms with E-state index in [9.17, 15) is 0 Å². The minimum absolute atomic E-state index is 0.0396. The van der Waals surface area contributed by atoms with Gasteiger partial charge in [0.05, 0.1) is 0 Å². The minimum atomic E-state index is 0.0396. The SMILES string of the molecule is CCCCCCCCCCCCC(C)[Te]c1ccccc1. The van der Waals surface area contributed by atoms with Gasteiger partial charge < -0.3 is 0 Å². The van der Waals surface area contributed by atoms with Gasteiger partial charge in [-0.3, -0.25) is 0 Å². The van der Waals surface area contributed by atoms with Crippen LogP contribution in [0.3, 0.4) is 0 Å². The summed E-state index contributed by atoms with van der Waals surface area (Å²) in [6.45, 7) is 4.75. The molecule has 0 N–H and O–H groups in total. The average molecular weight is 402 g/mol. The fraction of sp³-hybridized carbons (Fsp3) is 0.700. The molecule has 1 rings (SSSR count). The Morgan fingerprint density at radius 1 is 0.762 bits per heavy atom. The van der Waals surface area contributed by atoms with Crippen molar-refractivity contribution in [3.63, 3.8) is 0 Å². The first-order valence-corrected chi connectivity index (χ1v) is 11.6. The van der Waals surface area contributed by atoms with Crippen LogP contribution in [0.4, 0.5) is 0 Å². The van der Waals surface area contributed by atoms with Crippen LogP contribution in [0.2, 0.25) is 3.97 Å². The summed E-state index contributed by atoms with van der Waals surface area (Å²) in [7, 11) is 0. The fourth-order valence-corrected chi connectivity index (χ4v) is 5.74.